The highest BCUT2D eigenvalue weighted by Gasteiger charge is 2.22. The van der Waals surface area contributed by atoms with Crippen molar-refractivity contribution in [3.05, 3.63) is 29.8 Å². The van der Waals surface area contributed by atoms with Gasteiger partial charge in [0.25, 0.3) is 0 Å². The summed E-state index contributed by atoms with van der Waals surface area (Å²) in [6.45, 7) is 8.72. The summed E-state index contributed by atoms with van der Waals surface area (Å²) < 4.78 is 5.42. The lowest BCUT2D eigenvalue weighted by atomic mass is 9.85. The number of rotatable bonds is 6. The molecule has 0 aliphatic carbocycles. The van der Waals surface area contributed by atoms with Crippen LogP contribution in [0.15, 0.2) is 24.3 Å². The Hall–Kier alpha value is -1.43. The Bertz CT molecular complexity index is 552. The van der Waals surface area contributed by atoms with Crippen molar-refractivity contribution >= 4 is 11.6 Å². The predicted octanol–water partition coefficient (Wildman–Crippen LogP) is 2.48. The lowest BCUT2D eigenvalue weighted by Gasteiger charge is -2.28. The van der Waals surface area contributed by atoms with Gasteiger partial charge in [-0.2, -0.15) is 0 Å². The smallest absolute Gasteiger partial charge is 0.224 e. The molecule has 1 amide bonds. The van der Waals surface area contributed by atoms with E-state index in [0.717, 1.165) is 51.6 Å². The fourth-order valence-corrected chi connectivity index (χ4v) is 3.81. The van der Waals surface area contributed by atoms with Gasteiger partial charge >= 0.3 is 0 Å². The number of ether oxygens (including phenoxy) is 1. The molecule has 1 aromatic carbocycles. The monoisotopic (exact) mass is 345 g/mol. The molecule has 2 N–H and O–H groups in total. The topological polar surface area (TPSA) is 53.6 Å². The van der Waals surface area contributed by atoms with Crippen molar-refractivity contribution in [1.29, 1.82) is 0 Å². The molecule has 2 atom stereocenters. The van der Waals surface area contributed by atoms with E-state index < -0.39 is 0 Å². The highest BCUT2D eigenvalue weighted by atomic mass is 16.5. The number of para-hydroxylation sites is 1. The first-order valence-corrected chi connectivity index (χ1v) is 9.61. The molecule has 1 aromatic rings. The van der Waals surface area contributed by atoms with Gasteiger partial charge in [0.2, 0.25) is 5.91 Å². The van der Waals surface area contributed by atoms with Crippen molar-refractivity contribution in [3.63, 3.8) is 0 Å². The number of carbonyl (C=O) groups excluding carboxylic acids is 1. The molecular formula is C20H31N3O2. The van der Waals surface area contributed by atoms with Crippen molar-refractivity contribution in [2.24, 2.45) is 11.8 Å². The zero-order valence-corrected chi connectivity index (χ0v) is 15.3. The third kappa shape index (κ3) is 5.53. The molecule has 2 unspecified atom stereocenters. The van der Waals surface area contributed by atoms with Gasteiger partial charge in [0.1, 0.15) is 0 Å². The van der Waals surface area contributed by atoms with Gasteiger partial charge in [-0.3, -0.25) is 9.69 Å². The number of amides is 1. The SMILES string of the molecule is CC(CC(=O)Nc1ccccc1CN1CCOCC1)C1CCCNC1. The Morgan fingerprint density at radius 2 is 2.16 bits per heavy atom. The van der Waals surface area contributed by atoms with E-state index in [2.05, 4.69) is 28.5 Å². The molecule has 0 bridgehead atoms. The van der Waals surface area contributed by atoms with Crippen LogP contribution in [0.3, 0.4) is 0 Å². The maximum Gasteiger partial charge on any atom is 0.224 e. The van der Waals surface area contributed by atoms with Gasteiger partial charge in [0.15, 0.2) is 0 Å². The molecule has 138 valence electrons. The van der Waals surface area contributed by atoms with Crippen LogP contribution >= 0.6 is 0 Å². The van der Waals surface area contributed by atoms with E-state index in [-0.39, 0.29) is 5.91 Å². The van der Waals surface area contributed by atoms with Gasteiger partial charge < -0.3 is 15.4 Å². The van der Waals surface area contributed by atoms with Gasteiger partial charge in [-0.25, -0.2) is 0 Å². The summed E-state index contributed by atoms with van der Waals surface area (Å²) in [5, 5.41) is 6.60. The van der Waals surface area contributed by atoms with Crippen molar-refractivity contribution < 1.29 is 9.53 Å². The normalized spacial score (nSPS) is 23.2. The second-order valence-electron chi connectivity index (χ2n) is 7.38. The first kappa shape index (κ1) is 18.4. The summed E-state index contributed by atoms with van der Waals surface area (Å²) in [5.74, 6) is 1.16. The summed E-state index contributed by atoms with van der Waals surface area (Å²) in [7, 11) is 0. The van der Waals surface area contributed by atoms with E-state index in [1.807, 2.05) is 18.2 Å². The summed E-state index contributed by atoms with van der Waals surface area (Å²) >= 11 is 0. The predicted molar refractivity (Wildman–Crippen MR) is 101 cm³/mol. The van der Waals surface area contributed by atoms with Crippen LogP contribution in [-0.4, -0.2) is 50.2 Å². The average Bonchev–Trinajstić information content (AvgIpc) is 2.65. The van der Waals surface area contributed by atoms with Crippen LogP contribution in [0.5, 0.6) is 0 Å². The Morgan fingerprint density at radius 3 is 2.92 bits per heavy atom. The van der Waals surface area contributed by atoms with Crippen LogP contribution in [0.1, 0.15) is 31.7 Å². The number of nitrogens with one attached hydrogen (secondary N) is 2. The Kier molecular flexibility index (Phi) is 6.84. The quantitative estimate of drug-likeness (QED) is 0.832. The van der Waals surface area contributed by atoms with Gasteiger partial charge in [0, 0.05) is 31.7 Å². The molecule has 0 spiro atoms. The molecule has 2 aliphatic rings. The number of carbonyl (C=O) groups is 1. The standard InChI is InChI=1S/C20H31N3O2/c1-16(17-6-4-8-21-14-17)13-20(24)22-19-7-3-2-5-18(19)15-23-9-11-25-12-10-23/h2-3,5,7,16-17,21H,4,6,8-15H2,1H3,(H,22,24). The number of benzene rings is 1. The van der Waals surface area contributed by atoms with E-state index in [0.29, 0.717) is 18.3 Å². The highest BCUT2D eigenvalue weighted by molar-refractivity contribution is 5.91. The molecule has 5 heteroatoms. The van der Waals surface area contributed by atoms with Crippen LogP contribution < -0.4 is 10.6 Å². The van der Waals surface area contributed by atoms with Crippen LogP contribution in [-0.2, 0) is 16.1 Å². The van der Waals surface area contributed by atoms with E-state index >= 15 is 0 Å². The van der Waals surface area contributed by atoms with Crippen LogP contribution in [0.2, 0.25) is 0 Å². The highest BCUT2D eigenvalue weighted by Crippen LogP contribution is 2.24. The largest absolute Gasteiger partial charge is 0.379 e. The number of hydrogen-bond donors (Lipinski definition) is 2. The fourth-order valence-electron chi connectivity index (χ4n) is 3.81. The van der Waals surface area contributed by atoms with Gasteiger partial charge in [-0.15, -0.1) is 0 Å². The van der Waals surface area contributed by atoms with Gasteiger partial charge in [-0.1, -0.05) is 25.1 Å². The molecule has 2 heterocycles. The molecule has 5 nitrogen and oxygen atoms in total. The lowest BCUT2D eigenvalue weighted by molar-refractivity contribution is -0.117. The van der Waals surface area contributed by atoms with Crippen molar-refractivity contribution in [2.45, 2.75) is 32.7 Å². The van der Waals surface area contributed by atoms with Crippen molar-refractivity contribution in [3.8, 4) is 0 Å². The first-order valence-electron chi connectivity index (χ1n) is 9.61. The second-order valence-corrected chi connectivity index (χ2v) is 7.38. The zero-order chi connectivity index (χ0) is 17.5. The van der Waals surface area contributed by atoms with Crippen molar-refractivity contribution in [2.75, 3.05) is 44.7 Å². The van der Waals surface area contributed by atoms with E-state index in [1.165, 1.54) is 18.4 Å². The Balaban J connectivity index is 1.55. The number of hydrogen-bond acceptors (Lipinski definition) is 4. The number of morpholine rings is 1. The maximum absolute atomic E-state index is 12.5. The van der Waals surface area contributed by atoms with E-state index in [1.54, 1.807) is 0 Å². The maximum atomic E-state index is 12.5. The number of anilines is 1. The molecular weight excluding hydrogens is 314 g/mol. The molecule has 3 rings (SSSR count). The van der Waals surface area contributed by atoms with Crippen LogP contribution in [0.4, 0.5) is 5.69 Å². The van der Waals surface area contributed by atoms with Crippen molar-refractivity contribution in [1.82, 2.24) is 10.2 Å². The third-order valence-corrected chi connectivity index (χ3v) is 5.44. The Morgan fingerprint density at radius 1 is 1.36 bits per heavy atom. The minimum Gasteiger partial charge on any atom is -0.379 e. The molecule has 2 saturated heterocycles. The van der Waals surface area contributed by atoms with Gasteiger partial charge in [-0.05, 0) is 49.4 Å². The number of nitrogens with zero attached hydrogens (tertiary/aromatic N) is 1. The van der Waals surface area contributed by atoms with E-state index in [9.17, 15) is 4.79 Å². The third-order valence-electron chi connectivity index (χ3n) is 5.44. The summed E-state index contributed by atoms with van der Waals surface area (Å²) in [6, 6.07) is 8.16. The molecule has 0 saturated carbocycles. The van der Waals surface area contributed by atoms with Crippen LogP contribution in [0, 0.1) is 11.8 Å². The summed E-state index contributed by atoms with van der Waals surface area (Å²) in [4.78, 5) is 14.9. The Labute approximate surface area is 151 Å². The van der Waals surface area contributed by atoms with E-state index in [4.69, 9.17) is 4.74 Å². The molecule has 2 fully saturated rings. The average molecular weight is 345 g/mol. The van der Waals surface area contributed by atoms with Gasteiger partial charge in [0.05, 0.1) is 13.2 Å². The number of piperidine rings is 1. The minimum absolute atomic E-state index is 0.132. The molecule has 25 heavy (non-hydrogen) atoms. The summed E-state index contributed by atoms with van der Waals surface area (Å²) in [5.41, 5.74) is 2.14. The lowest BCUT2D eigenvalue weighted by Crippen LogP contribution is -2.36. The zero-order valence-electron chi connectivity index (χ0n) is 15.3. The second kappa shape index (κ2) is 9.32. The minimum atomic E-state index is 0.132. The first-order chi connectivity index (χ1) is 12.2. The summed E-state index contributed by atoms with van der Waals surface area (Å²) in [6.07, 6.45) is 3.05. The fraction of sp³-hybridized carbons (Fsp3) is 0.650. The molecule has 2 aliphatic heterocycles. The molecule has 0 aromatic heterocycles. The molecule has 0 radical (unpaired) electrons. The van der Waals surface area contributed by atoms with Crippen LogP contribution in [0.25, 0.3) is 0 Å².